The summed E-state index contributed by atoms with van der Waals surface area (Å²) in [6, 6.07) is 0. The Kier molecular flexibility index (Phi) is 9.77. The summed E-state index contributed by atoms with van der Waals surface area (Å²) in [7, 11) is 0. The molecule has 0 aromatic rings. The van der Waals surface area contributed by atoms with Crippen molar-refractivity contribution in [3.63, 3.8) is 0 Å². The van der Waals surface area contributed by atoms with Crippen LogP contribution in [0.1, 0.15) is 26.2 Å². The fourth-order valence-electron chi connectivity index (χ4n) is 0.694. The zero-order valence-corrected chi connectivity index (χ0v) is 7.21. The first-order chi connectivity index (χ1) is 5.41. The van der Waals surface area contributed by atoms with Crippen molar-refractivity contribution >= 4 is 0 Å². The zero-order chi connectivity index (χ0) is 8.36. The van der Waals surface area contributed by atoms with E-state index in [1.807, 2.05) is 6.92 Å². The third-order valence-electron chi connectivity index (χ3n) is 1.32. The van der Waals surface area contributed by atoms with Crippen molar-refractivity contribution in [2.45, 2.75) is 26.2 Å². The first-order valence-electron chi connectivity index (χ1n) is 4.18. The lowest BCUT2D eigenvalue weighted by molar-refractivity contribution is -0.0503. The highest BCUT2D eigenvalue weighted by atomic mass is 16.7. The van der Waals surface area contributed by atoms with Gasteiger partial charge < -0.3 is 14.6 Å². The molecule has 0 amide bonds. The molecule has 11 heavy (non-hydrogen) atoms. The summed E-state index contributed by atoms with van der Waals surface area (Å²) in [5.74, 6) is 0. The topological polar surface area (TPSA) is 38.7 Å². The Morgan fingerprint density at radius 3 is 2.55 bits per heavy atom. The van der Waals surface area contributed by atoms with Gasteiger partial charge in [-0.1, -0.05) is 0 Å². The van der Waals surface area contributed by atoms with E-state index >= 15 is 0 Å². The van der Waals surface area contributed by atoms with Crippen LogP contribution in [-0.2, 0) is 9.47 Å². The average Bonchev–Trinajstić information content (AvgIpc) is 2.03. The second-order valence-electron chi connectivity index (χ2n) is 2.30. The molecule has 0 fully saturated rings. The average molecular weight is 162 g/mol. The van der Waals surface area contributed by atoms with Gasteiger partial charge >= 0.3 is 0 Å². The summed E-state index contributed by atoms with van der Waals surface area (Å²) in [6.45, 7) is 4.06. The molecule has 0 aromatic carbocycles. The third-order valence-corrected chi connectivity index (χ3v) is 1.32. The molecule has 3 heteroatoms. The van der Waals surface area contributed by atoms with E-state index in [-0.39, 0.29) is 6.61 Å². The molecular formula is C8H18O3. The second-order valence-corrected chi connectivity index (χ2v) is 2.30. The van der Waals surface area contributed by atoms with Gasteiger partial charge in [-0.15, -0.1) is 0 Å². The number of aliphatic hydroxyl groups excluding tert-OH is 1. The molecular weight excluding hydrogens is 144 g/mol. The molecule has 0 bridgehead atoms. The summed E-state index contributed by atoms with van der Waals surface area (Å²) >= 11 is 0. The molecule has 0 unspecified atom stereocenters. The maximum absolute atomic E-state index is 8.44. The van der Waals surface area contributed by atoms with Crippen LogP contribution in [-0.4, -0.2) is 31.7 Å². The lowest BCUT2D eigenvalue weighted by Crippen LogP contribution is -2.01. The van der Waals surface area contributed by atoms with Crippen molar-refractivity contribution in [2.75, 3.05) is 26.6 Å². The van der Waals surface area contributed by atoms with Gasteiger partial charge in [-0.3, -0.25) is 0 Å². The maximum atomic E-state index is 8.44. The van der Waals surface area contributed by atoms with Crippen LogP contribution in [0.2, 0.25) is 0 Å². The maximum Gasteiger partial charge on any atom is 0.146 e. The van der Waals surface area contributed by atoms with Crippen LogP contribution < -0.4 is 0 Å². The molecule has 0 aliphatic heterocycles. The molecule has 0 heterocycles. The molecule has 68 valence electrons. The van der Waals surface area contributed by atoms with E-state index in [2.05, 4.69) is 0 Å². The highest BCUT2D eigenvalue weighted by molar-refractivity contribution is 4.37. The van der Waals surface area contributed by atoms with Crippen molar-refractivity contribution in [3.8, 4) is 0 Å². The van der Waals surface area contributed by atoms with E-state index in [1.54, 1.807) is 0 Å². The Balaban J connectivity index is 2.69. The fourth-order valence-corrected chi connectivity index (χ4v) is 0.694. The van der Waals surface area contributed by atoms with Crippen molar-refractivity contribution in [2.24, 2.45) is 0 Å². The third kappa shape index (κ3) is 9.88. The Labute approximate surface area is 68.3 Å². The van der Waals surface area contributed by atoms with Gasteiger partial charge in [-0.25, -0.2) is 0 Å². The highest BCUT2D eigenvalue weighted by Crippen LogP contribution is 1.94. The smallest absolute Gasteiger partial charge is 0.146 e. The van der Waals surface area contributed by atoms with Crippen molar-refractivity contribution in [1.29, 1.82) is 0 Å². The van der Waals surface area contributed by atoms with Gasteiger partial charge in [0.2, 0.25) is 0 Å². The minimum Gasteiger partial charge on any atom is -0.396 e. The van der Waals surface area contributed by atoms with Crippen molar-refractivity contribution in [1.82, 2.24) is 0 Å². The first kappa shape index (κ1) is 10.9. The van der Waals surface area contributed by atoms with Gasteiger partial charge in [0.25, 0.3) is 0 Å². The number of aliphatic hydroxyl groups is 1. The standard InChI is InChI=1S/C8H18O3/c1-2-10-8-11-7-5-3-4-6-9/h9H,2-8H2,1H3. The number of ether oxygens (including phenoxy) is 2. The number of rotatable bonds is 8. The molecule has 1 N–H and O–H groups in total. The van der Waals surface area contributed by atoms with E-state index in [9.17, 15) is 0 Å². The molecule has 0 aromatic heterocycles. The Morgan fingerprint density at radius 2 is 1.91 bits per heavy atom. The summed E-state index contributed by atoms with van der Waals surface area (Å²) < 4.78 is 10.1. The summed E-state index contributed by atoms with van der Waals surface area (Å²) in [4.78, 5) is 0. The minimum absolute atomic E-state index is 0.283. The molecule has 0 spiro atoms. The Hall–Kier alpha value is -0.120. The van der Waals surface area contributed by atoms with Crippen LogP contribution in [0, 0.1) is 0 Å². The second kappa shape index (κ2) is 9.88. The number of hydrogen-bond donors (Lipinski definition) is 1. The molecule has 0 radical (unpaired) electrons. The van der Waals surface area contributed by atoms with E-state index < -0.39 is 0 Å². The van der Waals surface area contributed by atoms with Gasteiger partial charge in [0, 0.05) is 19.8 Å². The molecule has 0 aliphatic carbocycles. The SMILES string of the molecule is CCOCOCCCCCO. The lowest BCUT2D eigenvalue weighted by atomic mass is 10.2. The minimum atomic E-state index is 0.283. The highest BCUT2D eigenvalue weighted by Gasteiger charge is 1.88. The van der Waals surface area contributed by atoms with E-state index in [4.69, 9.17) is 14.6 Å². The monoisotopic (exact) mass is 162 g/mol. The van der Waals surface area contributed by atoms with Gasteiger partial charge in [-0.2, -0.15) is 0 Å². The van der Waals surface area contributed by atoms with Gasteiger partial charge in [0.1, 0.15) is 6.79 Å². The van der Waals surface area contributed by atoms with E-state index in [1.165, 1.54) is 0 Å². The Bertz CT molecular complexity index is 58.4. The van der Waals surface area contributed by atoms with E-state index in [0.717, 1.165) is 25.9 Å². The molecule has 0 atom stereocenters. The first-order valence-corrected chi connectivity index (χ1v) is 4.18. The molecule has 0 rings (SSSR count). The van der Waals surface area contributed by atoms with Crippen LogP contribution in [0.4, 0.5) is 0 Å². The predicted octanol–water partition coefficient (Wildman–Crippen LogP) is 1.16. The molecule has 0 saturated heterocycles. The van der Waals surface area contributed by atoms with Gasteiger partial charge in [0.15, 0.2) is 0 Å². The quantitative estimate of drug-likeness (QED) is 0.430. The van der Waals surface area contributed by atoms with Crippen LogP contribution in [0.15, 0.2) is 0 Å². The lowest BCUT2D eigenvalue weighted by Gasteiger charge is -2.02. The molecule has 0 saturated carbocycles. The summed E-state index contributed by atoms with van der Waals surface area (Å²) in [5.41, 5.74) is 0. The van der Waals surface area contributed by atoms with Crippen molar-refractivity contribution < 1.29 is 14.6 Å². The van der Waals surface area contributed by atoms with Gasteiger partial charge in [-0.05, 0) is 26.2 Å². The number of hydrogen-bond acceptors (Lipinski definition) is 3. The summed E-state index contributed by atoms with van der Waals surface area (Å²) in [5, 5.41) is 8.44. The fraction of sp³-hybridized carbons (Fsp3) is 1.00. The van der Waals surface area contributed by atoms with Crippen LogP contribution >= 0.6 is 0 Å². The largest absolute Gasteiger partial charge is 0.396 e. The van der Waals surface area contributed by atoms with Crippen LogP contribution in [0.3, 0.4) is 0 Å². The van der Waals surface area contributed by atoms with Crippen molar-refractivity contribution in [3.05, 3.63) is 0 Å². The van der Waals surface area contributed by atoms with Crippen LogP contribution in [0.5, 0.6) is 0 Å². The number of unbranched alkanes of at least 4 members (excludes halogenated alkanes) is 2. The molecule has 0 aliphatic rings. The normalized spacial score (nSPS) is 10.4. The predicted molar refractivity (Wildman–Crippen MR) is 43.4 cm³/mol. The van der Waals surface area contributed by atoms with E-state index in [0.29, 0.717) is 13.4 Å². The molecule has 3 nitrogen and oxygen atoms in total. The van der Waals surface area contributed by atoms with Gasteiger partial charge in [0.05, 0.1) is 0 Å². The Morgan fingerprint density at radius 1 is 1.09 bits per heavy atom. The van der Waals surface area contributed by atoms with Crippen LogP contribution in [0.25, 0.3) is 0 Å². The summed E-state index contributed by atoms with van der Waals surface area (Å²) in [6.07, 6.45) is 2.91. The zero-order valence-electron chi connectivity index (χ0n) is 7.21.